The maximum atomic E-state index is 12.7. The molecule has 1 aliphatic heterocycles. The van der Waals surface area contributed by atoms with Gasteiger partial charge < -0.3 is 30.5 Å². The molecule has 2 aromatic carbocycles. The van der Waals surface area contributed by atoms with E-state index < -0.39 is 36.2 Å². The lowest BCUT2D eigenvalue weighted by molar-refractivity contribution is -0.274. The number of carbonyl (C=O) groups excluding carboxylic acids is 2. The van der Waals surface area contributed by atoms with Crippen molar-refractivity contribution >= 4 is 17.6 Å². The zero-order valence-electron chi connectivity index (χ0n) is 16.8. The van der Waals surface area contributed by atoms with Crippen LogP contribution in [0.5, 0.6) is 11.5 Å². The molecular weight excluding hydrogens is 431 g/mol. The first-order valence-corrected chi connectivity index (χ1v) is 9.80. The number of rotatable bonds is 4. The number of hydrogen-bond donors (Lipinski definition) is 4. The number of nitrogens with one attached hydrogen (secondary N) is 2. The molecule has 1 fully saturated rings. The van der Waals surface area contributed by atoms with E-state index in [1.165, 1.54) is 41.3 Å². The van der Waals surface area contributed by atoms with Gasteiger partial charge in [-0.15, -0.1) is 13.2 Å². The molecular formula is C21H22F3N3O5. The van der Waals surface area contributed by atoms with Crippen molar-refractivity contribution in [3.05, 3.63) is 54.1 Å². The Kier molecular flexibility index (Phi) is 7.08. The molecule has 1 saturated heterocycles. The van der Waals surface area contributed by atoms with Crippen LogP contribution in [-0.4, -0.2) is 58.6 Å². The van der Waals surface area contributed by atoms with Crippen molar-refractivity contribution in [2.24, 2.45) is 0 Å². The molecule has 2 atom stereocenters. The number of phenolic OH excluding ortho intramolecular Hbond substituents is 1. The zero-order valence-corrected chi connectivity index (χ0v) is 16.8. The summed E-state index contributed by atoms with van der Waals surface area (Å²) in [5.41, 5.74) is 0.551. The monoisotopic (exact) mass is 453 g/mol. The Balaban J connectivity index is 1.62. The highest BCUT2D eigenvalue weighted by atomic mass is 19.4. The third-order valence-corrected chi connectivity index (χ3v) is 4.88. The summed E-state index contributed by atoms with van der Waals surface area (Å²) in [7, 11) is 0. The van der Waals surface area contributed by atoms with Gasteiger partial charge in [0.2, 0.25) is 0 Å². The Morgan fingerprint density at radius 3 is 2.34 bits per heavy atom. The van der Waals surface area contributed by atoms with E-state index in [0.29, 0.717) is 19.4 Å². The molecule has 172 valence electrons. The summed E-state index contributed by atoms with van der Waals surface area (Å²) in [6.45, 7) is 0.357. The van der Waals surface area contributed by atoms with Crippen LogP contribution in [-0.2, 0) is 0 Å². The van der Waals surface area contributed by atoms with E-state index in [4.69, 9.17) is 0 Å². The molecule has 2 unspecified atom stereocenters. The molecule has 0 aromatic heterocycles. The lowest BCUT2D eigenvalue weighted by Gasteiger charge is -2.27. The zero-order chi connectivity index (χ0) is 23.3. The number of anilines is 1. The average molecular weight is 453 g/mol. The highest BCUT2D eigenvalue weighted by molar-refractivity contribution is 5.94. The van der Waals surface area contributed by atoms with E-state index >= 15 is 0 Å². The van der Waals surface area contributed by atoms with Crippen LogP contribution < -0.4 is 15.4 Å². The molecule has 3 rings (SSSR count). The molecule has 11 heteroatoms. The molecule has 0 radical (unpaired) electrons. The predicted octanol–water partition coefficient (Wildman–Crippen LogP) is 3.08. The SMILES string of the molecule is O=C(NC1CN(C(=O)Nc2ccc(OC(F)(F)F)cc2)CCCC1O)c1ccc(O)cc1. The summed E-state index contributed by atoms with van der Waals surface area (Å²) in [6.07, 6.45) is -4.81. The van der Waals surface area contributed by atoms with Crippen LogP contribution in [0.3, 0.4) is 0 Å². The first kappa shape index (κ1) is 23.2. The second kappa shape index (κ2) is 9.77. The number of aliphatic hydroxyl groups excluding tert-OH is 1. The van der Waals surface area contributed by atoms with Gasteiger partial charge in [0, 0.05) is 24.3 Å². The van der Waals surface area contributed by atoms with E-state index in [1.807, 2.05) is 0 Å². The third kappa shape index (κ3) is 6.51. The van der Waals surface area contributed by atoms with Crippen LogP contribution in [0.2, 0.25) is 0 Å². The van der Waals surface area contributed by atoms with Crippen molar-refractivity contribution in [1.82, 2.24) is 10.2 Å². The first-order valence-electron chi connectivity index (χ1n) is 9.80. The Morgan fingerprint density at radius 2 is 1.72 bits per heavy atom. The number of amides is 3. The van der Waals surface area contributed by atoms with Gasteiger partial charge in [0.25, 0.3) is 5.91 Å². The van der Waals surface area contributed by atoms with Gasteiger partial charge in [-0.25, -0.2) is 4.79 Å². The smallest absolute Gasteiger partial charge is 0.508 e. The van der Waals surface area contributed by atoms with Crippen LogP contribution in [0, 0.1) is 0 Å². The van der Waals surface area contributed by atoms with E-state index in [9.17, 15) is 33.0 Å². The van der Waals surface area contributed by atoms with Gasteiger partial charge in [0.1, 0.15) is 11.5 Å². The second-order valence-corrected chi connectivity index (χ2v) is 7.28. The molecule has 0 saturated carbocycles. The molecule has 2 aromatic rings. The number of likely N-dealkylation sites (tertiary alicyclic amines) is 1. The highest BCUT2D eigenvalue weighted by Gasteiger charge is 2.31. The molecule has 4 N–H and O–H groups in total. The van der Waals surface area contributed by atoms with Crippen molar-refractivity contribution in [2.75, 3.05) is 18.4 Å². The standard InChI is InChI=1S/C21H22F3N3O5/c22-21(23,24)32-16-9-5-14(6-10-16)25-20(31)27-11-1-2-18(29)17(12-27)26-19(30)13-3-7-15(28)8-4-13/h3-10,17-18,28-29H,1-2,11-12H2,(H,25,31)(H,26,30). The fourth-order valence-corrected chi connectivity index (χ4v) is 3.28. The lowest BCUT2D eigenvalue weighted by atomic mass is 10.1. The van der Waals surface area contributed by atoms with Crippen LogP contribution >= 0.6 is 0 Å². The third-order valence-electron chi connectivity index (χ3n) is 4.88. The minimum absolute atomic E-state index is 0.0110. The van der Waals surface area contributed by atoms with Crippen LogP contribution in [0.25, 0.3) is 0 Å². The highest BCUT2D eigenvalue weighted by Crippen LogP contribution is 2.24. The summed E-state index contributed by atoms with van der Waals surface area (Å²) in [6, 6.07) is 9.05. The van der Waals surface area contributed by atoms with Gasteiger partial charge in [-0.2, -0.15) is 0 Å². The molecule has 0 bridgehead atoms. The predicted molar refractivity (Wildman–Crippen MR) is 108 cm³/mol. The minimum atomic E-state index is -4.81. The normalized spacial score (nSPS) is 19.1. The van der Waals surface area contributed by atoms with E-state index in [2.05, 4.69) is 15.4 Å². The maximum Gasteiger partial charge on any atom is 0.573 e. The molecule has 3 amide bonds. The number of aliphatic hydroxyl groups is 1. The number of aromatic hydroxyl groups is 1. The van der Waals surface area contributed by atoms with E-state index in [1.54, 1.807) is 0 Å². The number of benzene rings is 2. The van der Waals surface area contributed by atoms with Gasteiger partial charge in [0.05, 0.1) is 12.1 Å². The Labute approximate surface area is 181 Å². The topological polar surface area (TPSA) is 111 Å². The summed E-state index contributed by atoms with van der Waals surface area (Å²) in [5, 5.41) is 25.0. The molecule has 0 aliphatic carbocycles. The Morgan fingerprint density at radius 1 is 1.06 bits per heavy atom. The summed E-state index contributed by atoms with van der Waals surface area (Å²) in [5.74, 6) is -0.862. The number of phenols is 1. The number of nitrogens with zero attached hydrogens (tertiary/aromatic N) is 1. The van der Waals surface area contributed by atoms with Gasteiger partial charge in [-0.1, -0.05) is 0 Å². The first-order chi connectivity index (χ1) is 15.1. The molecule has 0 spiro atoms. The van der Waals surface area contributed by atoms with Crippen molar-refractivity contribution in [3.8, 4) is 11.5 Å². The largest absolute Gasteiger partial charge is 0.573 e. The molecule has 32 heavy (non-hydrogen) atoms. The Hall–Kier alpha value is -3.47. The number of urea groups is 1. The maximum absolute atomic E-state index is 12.7. The quantitative estimate of drug-likeness (QED) is 0.569. The minimum Gasteiger partial charge on any atom is -0.508 e. The number of halogens is 3. The number of ether oxygens (including phenoxy) is 1. The summed E-state index contributed by atoms with van der Waals surface area (Å²) < 4.78 is 40.6. The van der Waals surface area contributed by atoms with Crippen LogP contribution in [0.1, 0.15) is 23.2 Å². The Bertz CT molecular complexity index is 935. The second-order valence-electron chi connectivity index (χ2n) is 7.28. The van der Waals surface area contributed by atoms with E-state index in [0.717, 1.165) is 12.1 Å². The van der Waals surface area contributed by atoms with Crippen LogP contribution in [0.4, 0.5) is 23.7 Å². The lowest BCUT2D eigenvalue weighted by Crippen LogP contribution is -2.50. The molecule has 8 nitrogen and oxygen atoms in total. The van der Waals surface area contributed by atoms with E-state index in [-0.39, 0.29) is 23.5 Å². The fraction of sp³-hybridized carbons (Fsp3) is 0.333. The van der Waals surface area contributed by atoms with Crippen molar-refractivity contribution in [3.63, 3.8) is 0 Å². The fourth-order valence-electron chi connectivity index (χ4n) is 3.28. The number of hydrogen-bond acceptors (Lipinski definition) is 5. The van der Waals surface area contributed by atoms with Gasteiger partial charge in [-0.3, -0.25) is 4.79 Å². The molecule has 1 heterocycles. The van der Waals surface area contributed by atoms with Gasteiger partial charge in [-0.05, 0) is 61.4 Å². The summed E-state index contributed by atoms with van der Waals surface area (Å²) in [4.78, 5) is 26.5. The number of carbonyl (C=O) groups is 2. The van der Waals surface area contributed by atoms with Crippen molar-refractivity contribution < 1.29 is 37.7 Å². The van der Waals surface area contributed by atoms with Crippen molar-refractivity contribution in [2.45, 2.75) is 31.3 Å². The number of alkyl halides is 3. The van der Waals surface area contributed by atoms with Gasteiger partial charge in [0.15, 0.2) is 0 Å². The summed E-state index contributed by atoms with van der Waals surface area (Å²) >= 11 is 0. The van der Waals surface area contributed by atoms with Gasteiger partial charge >= 0.3 is 12.4 Å². The molecule has 1 aliphatic rings. The van der Waals surface area contributed by atoms with Crippen molar-refractivity contribution in [1.29, 1.82) is 0 Å². The van der Waals surface area contributed by atoms with Crippen LogP contribution in [0.15, 0.2) is 48.5 Å². The average Bonchev–Trinajstić information content (AvgIpc) is 2.90.